The van der Waals surface area contributed by atoms with E-state index in [1.807, 2.05) is 0 Å². The molecule has 1 saturated heterocycles. The summed E-state index contributed by atoms with van der Waals surface area (Å²) in [6.45, 7) is 1.89. The smallest absolute Gasteiger partial charge is 0.273 e. The number of thiocarbonyl (C=S) groups is 1. The summed E-state index contributed by atoms with van der Waals surface area (Å²) in [5.41, 5.74) is 0.643. The van der Waals surface area contributed by atoms with Gasteiger partial charge in [-0.15, -0.1) is 0 Å². The van der Waals surface area contributed by atoms with Gasteiger partial charge in [0.15, 0.2) is 5.11 Å². The minimum atomic E-state index is -0.449. The van der Waals surface area contributed by atoms with Gasteiger partial charge in [0.05, 0.1) is 23.8 Å². The number of piperidine rings is 1. The SMILES string of the molecule is COc1cc([N+](=O)[O-])ccc1NC(=S)N1CCCCC1. The second-order valence-corrected chi connectivity index (χ2v) is 5.01. The maximum absolute atomic E-state index is 10.7. The zero-order valence-electron chi connectivity index (χ0n) is 11.3. The van der Waals surface area contributed by atoms with Crippen molar-refractivity contribution in [1.82, 2.24) is 4.90 Å². The van der Waals surface area contributed by atoms with Crippen molar-refractivity contribution in [3.63, 3.8) is 0 Å². The lowest BCUT2D eigenvalue weighted by atomic mass is 10.1. The van der Waals surface area contributed by atoms with Crippen molar-refractivity contribution in [3.8, 4) is 5.75 Å². The second-order valence-electron chi connectivity index (χ2n) is 4.62. The summed E-state index contributed by atoms with van der Waals surface area (Å²) >= 11 is 5.37. The van der Waals surface area contributed by atoms with Crippen molar-refractivity contribution in [1.29, 1.82) is 0 Å². The zero-order chi connectivity index (χ0) is 14.5. The molecule has 0 aliphatic carbocycles. The van der Waals surface area contributed by atoms with Gasteiger partial charge in [0.1, 0.15) is 5.75 Å². The summed E-state index contributed by atoms with van der Waals surface area (Å²) < 4.78 is 5.18. The van der Waals surface area contributed by atoms with Crippen molar-refractivity contribution < 1.29 is 9.66 Å². The highest BCUT2D eigenvalue weighted by molar-refractivity contribution is 7.80. The van der Waals surface area contributed by atoms with E-state index in [4.69, 9.17) is 17.0 Å². The molecular formula is C13H17N3O3S. The molecule has 0 radical (unpaired) electrons. The van der Waals surface area contributed by atoms with E-state index in [1.165, 1.54) is 25.7 Å². The Morgan fingerprint density at radius 2 is 2.10 bits per heavy atom. The van der Waals surface area contributed by atoms with Crippen LogP contribution in [-0.4, -0.2) is 35.1 Å². The zero-order valence-corrected chi connectivity index (χ0v) is 12.1. The minimum absolute atomic E-state index is 0.00343. The molecule has 0 atom stereocenters. The molecule has 1 aliphatic rings. The van der Waals surface area contributed by atoms with Crippen LogP contribution in [0.4, 0.5) is 11.4 Å². The van der Waals surface area contributed by atoms with E-state index in [9.17, 15) is 10.1 Å². The summed E-state index contributed by atoms with van der Waals surface area (Å²) in [7, 11) is 1.48. The Balaban J connectivity index is 2.11. The summed E-state index contributed by atoms with van der Waals surface area (Å²) in [4.78, 5) is 12.4. The van der Waals surface area contributed by atoms with Crippen molar-refractivity contribution >= 4 is 28.7 Å². The third-order valence-electron chi connectivity index (χ3n) is 3.28. The minimum Gasteiger partial charge on any atom is -0.494 e. The fraction of sp³-hybridized carbons (Fsp3) is 0.462. The van der Waals surface area contributed by atoms with Gasteiger partial charge in [0, 0.05) is 19.2 Å². The standard InChI is InChI=1S/C13H17N3O3S/c1-19-12-9-10(16(17)18)5-6-11(12)14-13(20)15-7-3-2-4-8-15/h5-6,9H,2-4,7-8H2,1H3,(H,14,20). The highest BCUT2D eigenvalue weighted by atomic mass is 32.1. The molecule has 6 nitrogen and oxygen atoms in total. The van der Waals surface area contributed by atoms with Crippen molar-refractivity contribution in [3.05, 3.63) is 28.3 Å². The maximum atomic E-state index is 10.7. The summed E-state index contributed by atoms with van der Waals surface area (Å²) in [6, 6.07) is 4.44. The van der Waals surface area contributed by atoms with E-state index in [1.54, 1.807) is 6.07 Å². The number of rotatable bonds is 3. The second kappa shape index (κ2) is 6.51. The van der Waals surface area contributed by atoms with Crippen LogP contribution in [-0.2, 0) is 0 Å². The Hall–Kier alpha value is -1.89. The first-order valence-electron chi connectivity index (χ1n) is 6.50. The molecule has 1 heterocycles. The average molecular weight is 295 g/mol. The number of nitro groups is 1. The molecule has 108 valence electrons. The number of benzene rings is 1. The fourth-order valence-corrected chi connectivity index (χ4v) is 2.48. The van der Waals surface area contributed by atoms with Crippen LogP contribution < -0.4 is 10.1 Å². The van der Waals surface area contributed by atoms with Gasteiger partial charge in [-0.05, 0) is 37.5 Å². The first kappa shape index (κ1) is 14.5. The van der Waals surface area contributed by atoms with E-state index in [0.717, 1.165) is 25.9 Å². The van der Waals surface area contributed by atoms with Gasteiger partial charge in [0.25, 0.3) is 5.69 Å². The fourth-order valence-electron chi connectivity index (χ4n) is 2.19. The lowest BCUT2D eigenvalue weighted by molar-refractivity contribution is -0.384. The van der Waals surface area contributed by atoms with Gasteiger partial charge >= 0.3 is 0 Å². The Labute approximate surface area is 122 Å². The molecule has 1 aliphatic heterocycles. The Kier molecular flexibility index (Phi) is 4.73. The molecule has 0 amide bonds. The van der Waals surface area contributed by atoms with Crippen LogP contribution in [0.2, 0.25) is 0 Å². The molecule has 0 unspecified atom stereocenters. The van der Waals surface area contributed by atoms with Gasteiger partial charge in [-0.2, -0.15) is 0 Å². The maximum Gasteiger partial charge on any atom is 0.273 e. The first-order chi connectivity index (χ1) is 9.61. The third-order valence-corrected chi connectivity index (χ3v) is 3.64. The Morgan fingerprint density at radius 3 is 2.70 bits per heavy atom. The molecular weight excluding hydrogens is 278 g/mol. The van der Waals surface area contributed by atoms with E-state index in [2.05, 4.69) is 10.2 Å². The lowest BCUT2D eigenvalue weighted by Crippen LogP contribution is -2.38. The van der Waals surface area contributed by atoms with Crippen LogP contribution in [0.5, 0.6) is 5.75 Å². The van der Waals surface area contributed by atoms with E-state index in [0.29, 0.717) is 16.5 Å². The summed E-state index contributed by atoms with van der Waals surface area (Å²) in [5, 5.41) is 14.5. The van der Waals surface area contributed by atoms with Gasteiger partial charge in [-0.1, -0.05) is 0 Å². The number of non-ortho nitro benzene ring substituents is 1. The van der Waals surface area contributed by atoms with Crippen molar-refractivity contribution in [2.45, 2.75) is 19.3 Å². The summed E-state index contributed by atoms with van der Waals surface area (Å²) in [6.07, 6.45) is 3.51. The molecule has 7 heteroatoms. The molecule has 2 rings (SSSR count). The predicted octanol–water partition coefficient (Wildman–Crippen LogP) is 2.79. The van der Waals surface area contributed by atoms with E-state index < -0.39 is 4.92 Å². The predicted molar refractivity (Wildman–Crippen MR) is 81.3 cm³/mol. The third kappa shape index (κ3) is 3.36. The van der Waals surface area contributed by atoms with Crippen LogP contribution in [0.1, 0.15) is 19.3 Å². The van der Waals surface area contributed by atoms with Gasteiger partial charge in [-0.3, -0.25) is 10.1 Å². The molecule has 0 bridgehead atoms. The normalized spacial score (nSPS) is 14.8. The van der Waals surface area contributed by atoms with Crippen LogP contribution in [0.25, 0.3) is 0 Å². The van der Waals surface area contributed by atoms with Crippen LogP contribution in [0.3, 0.4) is 0 Å². The number of nitro benzene ring substituents is 1. The molecule has 0 aromatic heterocycles. The molecule has 1 aromatic rings. The number of ether oxygens (including phenoxy) is 1. The molecule has 1 aromatic carbocycles. The van der Waals surface area contributed by atoms with Gasteiger partial charge < -0.3 is 15.0 Å². The van der Waals surface area contributed by atoms with E-state index >= 15 is 0 Å². The largest absolute Gasteiger partial charge is 0.494 e. The number of hydrogen-bond donors (Lipinski definition) is 1. The van der Waals surface area contributed by atoms with Gasteiger partial charge in [-0.25, -0.2) is 0 Å². The number of hydrogen-bond acceptors (Lipinski definition) is 4. The summed E-state index contributed by atoms with van der Waals surface area (Å²) in [5.74, 6) is 0.415. The lowest BCUT2D eigenvalue weighted by Gasteiger charge is -2.29. The van der Waals surface area contributed by atoms with Gasteiger partial charge in [0.2, 0.25) is 0 Å². The number of methoxy groups -OCH3 is 1. The first-order valence-corrected chi connectivity index (χ1v) is 6.91. The number of likely N-dealkylation sites (tertiary alicyclic amines) is 1. The molecule has 1 N–H and O–H groups in total. The monoisotopic (exact) mass is 295 g/mol. The number of nitrogens with one attached hydrogen (secondary N) is 1. The highest BCUT2D eigenvalue weighted by Gasteiger charge is 2.16. The van der Waals surface area contributed by atoms with Crippen molar-refractivity contribution in [2.24, 2.45) is 0 Å². The molecule has 0 spiro atoms. The number of nitrogens with zero attached hydrogens (tertiary/aromatic N) is 2. The van der Waals surface area contributed by atoms with Crippen LogP contribution in [0.15, 0.2) is 18.2 Å². The molecule has 0 saturated carbocycles. The molecule has 1 fully saturated rings. The molecule has 20 heavy (non-hydrogen) atoms. The van der Waals surface area contributed by atoms with E-state index in [-0.39, 0.29) is 5.69 Å². The topological polar surface area (TPSA) is 67.6 Å². The quantitative estimate of drug-likeness (QED) is 0.525. The Morgan fingerprint density at radius 1 is 1.40 bits per heavy atom. The van der Waals surface area contributed by atoms with Crippen molar-refractivity contribution in [2.75, 3.05) is 25.5 Å². The number of anilines is 1. The van der Waals surface area contributed by atoms with Crippen LogP contribution in [0, 0.1) is 10.1 Å². The Bertz CT molecular complexity index is 516. The van der Waals surface area contributed by atoms with Crippen LogP contribution >= 0.6 is 12.2 Å². The average Bonchev–Trinajstić information content (AvgIpc) is 2.48. The highest BCUT2D eigenvalue weighted by Crippen LogP contribution is 2.29.